The van der Waals surface area contributed by atoms with Crippen LogP contribution < -0.4 is 0 Å². The number of hydrogen-bond acceptors (Lipinski definition) is 5. The van der Waals surface area contributed by atoms with Gasteiger partial charge in [0, 0.05) is 23.9 Å². The molecule has 0 aliphatic heterocycles. The quantitative estimate of drug-likeness (QED) is 0.825. The minimum atomic E-state index is -0.0255. The van der Waals surface area contributed by atoms with Crippen molar-refractivity contribution in [1.82, 2.24) is 15.1 Å². The number of pyridine rings is 1. The van der Waals surface area contributed by atoms with E-state index in [1.54, 1.807) is 12.4 Å². The summed E-state index contributed by atoms with van der Waals surface area (Å²) >= 11 is 0. The van der Waals surface area contributed by atoms with Gasteiger partial charge >= 0.3 is 0 Å². The number of aromatic nitrogens is 3. The Bertz CT molecular complexity index is 576. The average molecular weight is 259 g/mol. The smallest absolute Gasteiger partial charge is 0.234 e. The Balaban J connectivity index is 2.23. The molecule has 0 radical (unpaired) electrons. The van der Waals surface area contributed by atoms with E-state index in [9.17, 15) is 4.79 Å². The predicted molar refractivity (Wildman–Crippen MR) is 70.5 cm³/mol. The summed E-state index contributed by atoms with van der Waals surface area (Å²) in [5.41, 5.74) is 1.97. The lowest BCUT2D eigenvalue weighted by Gasteiger charge is -2.01. The van der Waals surface area contributed by atoms with E-state index < -0.39 is 0 Å². The minimum absolute atomic E-state index is 0.0255. The van der Waals surface area contributed by atoms with E-state index in [0.29, 0.717) is 11.7 Å². The molecule has 0 saturated carbocycles. The molecule has 0 aliphatic rings. The second-order valence-corrected chi connectivity index (χ2v) is 4.70. The number of Topliss-reactive ketones (excluding diaryl/α,β-unsaturated/α-hetero) is 1. The molecule has 19 heavy (non-hydrogen) atoms. The van der Waals surface area contributed by atoms with Crippen LogP contribution in [0.3, 0.4) is 0 Å². The molecule has 0 atom stereocenters. The minimum Gasteiger partial charge on any atom is -0.339 e. The monoisotopic (exact) mass is 259 g/mol. The summed E-state index contributed by atoms with van der Waals surface area (Å²) in [4.78, 5) is 20.0. The van der Waals surface area contributed by atoms with Gasteiger partial charge in [-0.05, 0) is 18.1 Å². The van der Waals surface area contributed by atoms with Gasteiger partial charge in [0.2, 0.25) is 11.7 Å². The van der Waals surface area contributed by atoms with Gasteiger partial charge in [0.1, 0.15) is 5.78 Å². The highest BCUT2D eigenvalue weighted by Gasteiger charge is 2.16. The van der Waals surface area contributed by atoms with Crippen LogP contribution >= 0.6 is 0 Å². The van der Waals surface area contributed by atoms with Gasteiger partial charge in [-0.3, -0.25) is 9.78 Å². The van der Waals surface area contributed by atoms with Crippen molar-refractivity contribution in [2.75, 3.05) is 0 Å². The zero-order valence-electron chi connectivity index (χ0n) is 11.4. The highest BCUT2D eigenvalue weighted by Crippen LogP contribution is 2.20. The molecule has 5 nitrogen and oxygen atoms in total. The number of carbonyl (C=O) groups is 1. The SMILES string of the molecule is CCc1cnccc1-c1noc(CC(=O)C(C)C)n1. The van der Waals surface area contributed by atoms with Crippen LogP contribution in [0.25, 0.3) is 11.4 Å². The van der Waals surface area contributed by atoms with Crippen LogP contribution in [0.1, 0.15) is 32.2 Å². The van der Waals surface area contributed by atoms with E-state index in [1.165, 1.54) is 0 Å². The molecule has 0 fully saturated rings. The van der Waals surface area contributed by atoms with E-state index >= 15 is 0 Å². The fraction of sp³-hybridized carbons (Fsp3) is 0.429. The summed E-state index contributed by atoms with van der Waals surface area (Å²) in [6, 6.07) is 1.86. The summed E-state index contributed by atoms with van der Waals surface area (Å²) in [6.45, 7) is 5.76. The number of ketones is 1. The molecule has 0 spiro atoms. The van der Waals surface area contributed by atoms with Crippen LogP contribution in [-0.2, 0) is 17.6 Å². The molecule has 2 aromatic rings. The lowest BCUT2D eigenvalue weighted by molar-refractivity contribution is -0.121. The molecule has 0 bridgehead atoms. The third kappa shape index (κ3) is 3.05. The van der Waals surface area contributed by atoms with Crippen molar-refractivity contribution in [3.05, 3.63) is 29.9 Å². The van der Waals surface area contributed by atoms with Crippen LogP contribution in [0, 0.1) is 5.92 Å². The highest BCUT2D eigenvalue weighted by atomic mass is 16.5. The van der Waals surface area contributed by atoms with Gasteiger partial charge in [0.05, 0.1) is 6.42 Å². The van der Waals surface area contributed by atoms with E-state index in [-0.39, 0.29) is 18.1 Å². The molecule has 0 amide bonds. The van der Waals surface area contributed by atoms with Crippen LogP contribution in [0.4, 0.5) is 0 Å². The predicted octanol–water partition coefficient (Wildman–Crippen LogP) is 2.46. The molecule has 2 heterocycles. The van der Waals surface area contributed by atoms with E-state index in [2.05, 4.69) is 15.1 Å². The standard InChI is InChI=1S/C14H17N3O2/c1-4-10-8-15-6-5-11(10)14-16-13(19-17-14)7-12(18)9(2)3/h5-6,8-9H,4,7H2,1-3H3. The van der Waals surface area contributed by atoms with Gasteiger partial charge < -0.3 is 4.52 Å². The number of rotatable bonds is 5. The van der Waals surface area contributed by atoms with Gasteiger partial charge in [0.25, 0.3) is 0 Å². The summed E-state index contributed by atoms with van der Waals surface area (Å²) in [7, 11) is 0. The van der Waals surface area contributed by atoms with Gasteiger partial charge in [0.15, 0.2) is 0 Å². The second-order valence-electron chi connectivity index (χ2n) is 4.70. The number of aryl methyl sites for hydroxylation is 1. The Morgan fingerprint density at radius 3 is 2.89 bits per heavy atom. The third-order valence-electron chi connectivity index (χ3n) is 2.96. The van der Waals surface area contributed by atoms with Crippen LogP contribution in [0.15, 0.2) is 23.0 Å². The van der Waals surface area contributed by atoms with Crippen molar-refractivity contribution in [3.63, 3.8) is 0 Å². The molecule has 0 aromatic carbocycles. The van der Waals surface area contributed by atoms with Crippen molar-refractivity contribution >= 4 is 5.78 Å². The Morgan fingerprint density at radius 1 is 1.42 bits per heavy atom. The number of hydrogen-bond donors (Lipinski definition) is 0. The molecule has 0 N–H and O–H groups in total. The fourth-order valence-electron chi connectivity index (χ4n) is 1.72. The Labute approximate surface area is 112 Å². The molecule has 5 heteroatoms. The van der Waals surface area contributed by atoms with Gasteiger partial charge in [-0.25, -0.2) is 0 Å². The Morgan fingerprint density at radius 2 is 2.21 bits per heavy atom. The van der Waals surface area contributed by atoms with E-state index in [4.69, 9.17) is 4.52 Å². The third-order valence-corrected chi connectivity index (χ3v) is 2.96. The Hall–Kier alpha value is -2.04. The lowest BCUT2D eigenvalue weighted by atomic mass is 10.1. The number of nitrogens with zero attached hydrogens (tertiary/aromatic N) is 3. The summed E-state index contributed by atoms with van der Waals surface area (Å²) in [6.07, 6.45) is 4.53. The zero-order valence-corrected chi connectivity index (χ0v) is 11.4. The lowest BCUT2D eigenvalue weighted by Crippen LogP contribution is -2.10. The first kappa shape index (κ1) is 13.4. The van der Waals surface area contributed by atoms with Gasteiger partial charge in [-0.1, -0.05) is 25.9 Å². The summed E-state index contributed by atoms with van der Waals surface area (Å²) in [5, 5.41) is 3.94. The van der Waals surface area contributed by atoms with Gasteiger partial charge in [-0.2, -0.15) is 4.98 Å². The van der Waals surface area contributed by atoms with E-state index in [1.807, 2.05) is 26.8 Å². The fourth-order valence-corrected chi connectivity index (χ4v) is 1.72. The average Bonchev–Trinajstić information content (AvgIpc) is 2.86. The van der Waals surface area contributed by atoms with Crippen molar-refractivity contribution in [2.45, 2.75) is 33.6 Å². The largest absolute Gasteiger partial charge is 0.339 e. The maximum atomic E-state index is 11.6. The first-order chi connectivity index (χ1) is 9.11. The summed E-state index contributed by atoms with van der Waals surface area (Å²) < 4.78 is 5.14. The first-order valence-electron chi connectivity index (χ1n) is 6.40. The molecule has 0 aliphatic carbocycles. The van der Waals surface area contributed by atoms with Crippen LogP contribution in [0.5, 0.6) is 0 Å². The maximum absolute atomic E-state index is 11.6. The van der Waals surface area contributed by atoms with Crippen molar-refractivity contribution in [2.24, 2.45) is 5.92 Å². The van der Waals surface area contributed by atoms with Crippen LogP contribution in [0.2, 0.25) is 0 Å². The molecule has 2 aromatic heterocycles. The topological polar surface area (TPSA) is 68.9 Å². The molecule has 0 unspecified atom stereocenters. The second kappa shape index (κ2) is 5.73. The molecule has 0 saturated heterocycles. The molecular formula is C14H17N3O2. The van der Waals surface area contributed by atoms with Crippen molar-refractivity contribution in [1.29, 1.82) is 0 Å². The molecule has 100 valence electrons. The van der Waals surface area contributed by atoms with E-state index in [0.717, 1.165) is 17.5 Å². The molecular weight excluding hydrogens is 242 g/mol. The molecule has 2 rings (SSSR count). The maximum Gasteiger partial charge on any atom is 0.234 e. The van der Waals surface area contributed by atoms with Crippen molar-refractivity contribution in [3.8, 4) is 11.4 Å². The summed E-state index contributed by atoms with van der Waals surface area (Å²) in [5.74, 6) is 0.960. The highest BCUT2D eigenvalue weighted by molar-refractivity contribution is 5.81. The zero-order chi connectivity index (χ0) is 13.8. The number of carbonyl (C=O) groups excluding carboxylic acids is 1. The van der Waals surface area contributed by atoms with Crippen molar-refractivity contribution < 1.29 is 9.32 Å². The van der Waals surface area contributed by atoms with Gasteiger partial charge in [-0.15, -0.1) is 0 Å². The van der Waals surface area contributed by atoms with Crippen LogP contribution in [-0.4, -0.2) is 20.9 Å². The normalized spacial score (nSPS) is 10.9. The Kier molecular flexibility index (Phi) is 4.04. The first-order valence-corrected chi connectivity index (χ1v) is 6.40.